The number of amides is 1. The Morgan fingerprint density at radius 2 is 1.70 bits per heavy atom. The topological polar surface area (TPSA) is 44.8 Å². The fourth-order valence-corrected chi connectivity index (χ4v) is 3.71. The van der Waals surface area contributed by atoms with Crippen LogP contribution in [0.2, 0.25) is 0 Å². The second-order valence-electron chi connectivity index (χ2n) is 6.93. The molecular formula is C21H24FN3O2. The normalized spacial score (nSPS) is 17.2. The van der Waals surface area contributed by atoms with Crippen molar-refractivity contribution in [2.24, 2.45) is 0 Å². The first-order valence-electron chi connectivity index (χ1n) is 9.50. The second kappa shape index (κ2) is 7.96. The van der Waals surface area contributed by atoms with Crippen molar-refractivity contribution in [3.8, 4) is 0 Å². The minimum Gasteiger partial charge on any atom is -0.378 e. The molecule has 0 radical (unpaired) electrons. The maximum absolute atomic E-state index is 14.0. The third kappa shape index (κ3) is 3.90. The molecule has 0 bridgehead atoms. The van der Waals surface area contributed by atoms with Crippen molar-refractivity contribution < 1.29 is 13.9 Å². The maximum atomic E-state index is 14.0. The Labute approximate surface area is 158 Å². The largest absolute Gasteiger partial charge is 0.378 e. The number of anilines is 3. The molecule has 2 aromatic rings. The Kier molecular flexibility index (Phi) is 5.25. The predicted octanol–water partition coefficient (Wildman–Crippen LogP) is 3.51. The van der Waals surface area contributed by atoms with Crippen molar-refractivity contribution in [3.05, 3.63) is 53.8 Å². The number of rotatable bonds is 4. The average Bonchev–Trinajstić information content (AvgIpc) is 3.23. The lowest BCUT2D eigenvalue weighted by molar-refractivity contribution is 0.102. The Balaban J connectivity index is 1.64. The molecule has 0 aliphatic carbocycles. The Bertz CT molecular complexity index is 815. The van der Waals surface area contributed by atoms with E-state index in [-0.39, 0.29) is 5.56 Å². The van der Waals surface area contributed by atoms with Gasteiger partial charge in [0.15, 0.2) is 0 Å². The number of carbonyl (C=O) groups is 1. The molecule has 1 amide bonds. The molecule has 2 aliphatic heterocycles. The van der Waals surface area contributed by atoms with Crippen molar-refractivity contribution in [2.45, 2.75) is 12.8 Å². The van der Waals surface area contributed by atoms with Gasteiger partial charge in [0.1, 0.15) is 5.82 Å². The molecule has 0 unspecified atom stereocenters. The van der Waals surface area contributed by atoms with E-state index in [0.29, 0.717) is 13.2 Å². The van der Waals surface area contributed by atoms with Crippen LogP contribution in [-0.4, -0.2) is 45.3 Å². The van der Waals surface area contributed by atoms with Crippen LogP contribution >= 0.6 is 0 Å². The summed E-state index contributed by atoms with van der Waals surface area (Å²) in [7, 11) is 0. The zero-order valence-electron chi connectivity index (χ0n) is 15.3. The van der Waals surface area contributed by atoms with E-state index in [2.05, 4.69) is 27.2 Å². The predicted molar refractivity (Wildman–Crippen MR) is 105 cm³/mol. The molecule has 142 valence electrons. The van der Waals surface area contributed by atoms with E-state index in [1.54, 1.807) is 12.1 Å². The first kappa shape index (κ1) is 17.8. The minimum absolute atomic E-state index is 0.0571. The van der Waals surface area contributed by atoms with Gasteiger partial charge in [0.05, 0.1) is 30.2 Å². The quantitative estimate of drug-likeness (QED) is 0.896. The highest BCUT2D eigenvalue weighted by Gasteiger charge is 2.21. The summed E-state index contributed by atoms with van der Waals surface area (Å²) < 4.78 is 19.5. The number of nitrogens with one attached hydrogen (secondary N) is 1. The molecule has 0 aromatic heterocycles. The summed E-state index contributed by atoms with van der Waals surface area (Å²) in [6.07, 6.45) is 2.29. The summed E-state index contributed by atoms with van der Waals surface area (Å²) in [6, 6.07) is 12.2. The Morgan fingerprint density at radius 1 is 0.963 bits per heavy atom. The van der Waals surface area contributed by atoms with Gasteiger partial charge in [-0.2, -0.15) is 0 Å². The second-order valence-corrected chi connectivity index (χ2v) is 6.93. The molecule has 2 aliphatic rings. The zero-order chi connectivity index (χ0) is 18.6. The van der Waals surface area contributed by atoms with Crippen LogP contribution in [0.1, 0.15) is 23.2 Å². The number of benzene rings is 2. The summed E-state index contributed by atoms with van der Waals surface area (Å²) in [5.41, 5.74) is 2.83. The summed E-state index contributed by atoms with van der Waals surface area (Å²) in [5.74, 6) is -0.935. The Hall–Kier alpha value is -2.60. The van der Waals surface area contributed by atoms with Gasteiger partial charge in [0.2, 0.25) is 0 Å². The molecule has 27 heavy (non-hydrogen) atoms. The monoisotopic (exact) mass is 369 g/mol. The van der Waals surface area contributed by atoms with Crippen LogP contribution in [0.4, 0.5) is 21.5 Å². The average molecular weight is 369 g/mol. The summed E-state index contributed by atoms with van der Waals surface area (Å²) in [4.78, 5) is 17.2. The van der Waals surface area contributed by atoms with Gasteiger partial charge in [-0.25, -0.2) is 4.39 Å². The van der Waals surface area contributed by atoms with Crippen molar-refractivity contribution in [3.63, 3.8) is 0 Å². The standard InChI is InChI=1S/C21H24FN3O2/c22-18-6-2-1-5-17(18)21(26)23-19-15-16(24-11-13-27-14-12-24)7-8-20(19)25-9-3-4-10-25/h1-2,5-8,15H,3-4,9-14H2,(H,23,26). The number of hydrogen-bond acceptors (Lipinski definition) is 4. The molecule has 5 nitrogen and oxygen atoms in total. The number of nitrogens with zero attached hydrogens (tertiary/aromatic N) is 2. The molecule has 2 aromatic carbocycles. The molecule has 4 rings (SSSR count). The summed E-state index contributed by atoms with van der Waals surface area (Å²) in [5, 5.41) is 2.95. The SMILES string of the molecule is O=C(Nc1cc(N2CCOCC2)ccc1N1CCCC1)c1ccccc1F. The third-order valence-corrected chi connectivity index (χ3v) is 5.17. The van der Waals surface area contributed by atoms with Crippen LogP contribution in [0.25, 0.3) is 0 Å². The van der Waals surface area contributed by atoms with Gasteiger partial charge >= 0.3 is 0 Å². The maximum Gasteiger partial charge on any atom is 0.258 e. The van der Waals surface area contributed by atoms with Gasteiger partial charge in [-0.05, 0) is 43.2 Å². The number of morpholine rings is 1. The van der Waals surface area contributed by atoms with E-state index in [1.807, 2.05) is 6.07 Å². The highest BCUT2D eigenvalue weighted by molar-refractivity contribution is 6.06. The lowest BCUT2D eigenvalue weighted by atomic mass is 10.1. The summed E-state index contributed by atoms with van der Waals surface area (Å²) >= 11 is 0. The van der Waals surface area contributed by atoms with Crippen LogP contribution in [-0.2, 0) is 4.74 Å². The molecule has 0 spiro atoms. The smallest absolute Gasteiger partial charge is 0.258 e. The van der Waals surface area contributed by atoms with E-state index >= 15 is 0 Å². The molecule has 2 heterocycles. The highest BCUT2D eigenvalue weighted by Crippen LogP contribution is 2.33. The number of ether oxygens (including phenoxy) is 1. The van der Waals surface area contributed by atoms with Crippen LogP contribution in [0.15, 0.2) is 42.5 Å². The molecule has 0 saturated carbocycles. The van der Waals surface area contributed by atoms with Gasteiger partial charge in [-0.3, -0.25) is 4.79 Å². The molecule has 1 N–H and O–H groups in total. The number of carbonyl (C=O) groups excluding carboxylic acids is 1. The molecule has 2 saturated heterocycles. The van der Waals surface area contributed by atoms with Crippen molar-refractivity contribution in [1.82, 2.24) is 0 Å². The van der Waals surface area contributed by atoms with Crippen LogP contribution in [0.5, 0.6) is 0 Å². The van der Waals surface area contributed by atoms with Crippen molar-refractivity contribution in [2.75, 3.05) is 54.5 Å². The van der Waals surface area contributed by atoms with Crippen LogP contribution < -0.4 is 15.1 Å². The van der Waals surface area contributed by atoms with Crippen LogP contribution in [0.3, 0.4) is 0 Å². The van der Waals surface area contributed by atoms with E-state index in [9.17, 15) is 9.18 Å². The van der Waals surface area contributed by atoms with Gasteiger partial charge in [0, 0.05) is 31.9 Å². The first-order valence-corrected chi connectivity index (χ1v) is 9.50. The van der Waals surface area contributed by atoms with Gasteiger partial charge in [-0.1, -0.05) is 12.1 Å². The lowest BCUT2D eigenvalue weighted by Gasteiger charge is -2.30. The fourth-order valence-electron chi connectivity index (χ4n) is 3.71. The van der Waals surface area contributed by atoms with E-state index in [4.69, 9.17) is 4.74 Å². The van der Waals surface area contributed by atoms with Crippen molar-refractivity contribution in [1.29, 1.82) is 0 Å². The summed E-state index contributed by atoms with van der Waals surface area (Å²) in [6.45, 7) is 4.99. The van der Waals surface area contributed by atoms with E-state index in [1.165, 1.54) is 12.1 Å². The fraction of sp³-hybridized carbons (Fsp3) is 0.381. The minimum atomic E-state index is -0.512. The molecule has 6 heteroatoms. The molecule has 2 fully saturated rings. The number of hydrogen-bond donors (Lipinski definition) is 1. The van der Waals surface area contributed by atoms with Gasteiger partial charge in [-0.15, -0.1) is 0 Å². The van der Waals surface area contributed by atoms with Gasteiger partial charge < -0.3 is 19.9 Å². The van der Waals surface area contributed by atoms with Gasteiger partial charge in [0.25, 0.3) is 5.91 Å². The number of halogens is 1. The molecule has 0 atom stereocenters. The molecular weight excluding hydrogens is 345 g/mol. The van der Waals surface area contributed by atoms with Crippen LogP contribution in [0, 0.1) is 5.82 Å². The van der Waals surface area contributed by atoms with E-state index in [0.717, 1.165) is 56.1 Å². The van der Waals surface area contributed by atoms with Crippen molar-refractivity contribution >= 4 is 23.0 Å². The Morgan fingerprint density at radius 3 is 2.44 bits per heavy atom. The lowest BCUT2D eigenvalue weighted by Crippen LogP contribution is -2.36. The van der Waals surface area contributed by atoms with E-state index < -0.39 is 11.7 Å². The zero-order valence-corrected chi connectivity index (χ0v) is 15.3. The third-order valence-electron chi connectivity index (χ3n) is 5.17. The highest BCUT2D eigenvalue weighted by atomic mass is 19.1. The first-order chi connectivity index (χ1) is 13.2.